The quantitative estimate of drug-likeness (QED) is 0.0280. The van der Waals surface area contributed by atoms with Crippen LogP contribution in [-0.2, 0) is 0 Å². The molecule has 3 saturated heterocycles. The van der Waals surface area contributed by atoms with Crippen LogP contribution in [0.25, 0.3) is 30.6 Å². The molecule has 2 unspecified atom stereocenters. The van der Waals surface area contributed by atoms with Gasteiger partial charge in [-0.3, -0.25) is 14.9 Å². The summed E-state index contributed by atoms with van der Waals surface area (Å²) in [7, 11) is 0. The average Bonchev–Trinajstić information content (AvgIpc) is 1.71. The Morgan fingerprint density at radius 1 is 0.570 bits per heavy atom. The van der Waals surface area contributed by atoms with Gasteiger partial charge >= 0.3 is 0 Å². The molecule has 2 amide bonds. The van der Waals surface area contributed by atoms with Gasteiger partial charge in [0, 0.05) is 85.5 Å². The van der Waals surface area contributed by atoms with E-state index in [-0.39, 0.29) is 48.1 Å². The molecule has 0 aromatic carbocycles. The molecule has 12 heterocycles. The Morgan fingerprint density at radius 2 is 1.09 bits per heavy atom. The molecule has 3 atom stereocenters. The van der Waals surface area contributed by atoms with E-state index in [1.54, 1.807) is 46.1 Å². The molecule has 532 valence electrons. The second-order valence-corrected chi connectivity index (χ2v) is 34.3. The van der Waals surface area contributed by atoms with E-state index >= 15 is 0 Å². The number of hydrogen-bond acceptors (Lipinski definition) is 31. The first-order valence-corrected chi connectivity index (χ1v) is 39.9. The molecular weight excluding hydrogens is 1390 g/mol. The lowest BCUT2D eigenvalue weighted by Gasteiger charge is -2.34. The summed E-state index contributed by atoms with van der Waals surface area (Å²) >= 11 is 8.53. The van der Waals surface area contributed by atoms with Crippen LogP contribution >= 0.6 is 68.6 Å². The number of hydrogen-bond donors (Lipinski definition) is 15. The topological polar surface area (TPSA) is 367 Å². The lowest BCUT2D eigenvalue weighted by Crippen LogP contribution is -2.46. The van der Waals surface area contributed by atoms with Crippen molar-refractivity contribution in [2.24, 2.45) is 5.92 Å². The summed E-state index contributed by atoms with van der Waals surface area (Å²) in [6.07, 6.45) is 13.4. The zero-order chi connectivity index (χ0) is 68.7. The van der Waals surface area contributed by atoms with Gasteiger partial charge in [-0.25, -0.2) is 15.0 Å². The fourth-order valence-corrected chi connectivity index (χ4v) is 19.4. The minimum atomic E-state index is -0.967. The molecule has 9 aromatic heterocycles. The summed E-state index contributed by atoms with van der Waals surface area (Å²) in [4.78, 5) is 60.2. The first-order valence-electron chi connectivity index (χ1n) is 35.1. The number of anilines is 10. The van der Waals surface area contributed by atoms with Crippen molar-refractivity contribution < 1.29 is 30.0 Å². The van der Waals surface area contributed by atoms with Crippen molar-refractivity contribution in [3.05, 3.63) is 63.7 Å². The van der Waals surface area contributed by atoms with Gasteiger partial charge in [-0.05, 0) is 214 Å². The number of aliphatic hydroxyl groups excluding tert-OH is 1. The van der Waals surface area contributed by atoms with Crippen molar-refractivity contribution in [2.45, 2.75) is 196 Å². The third kappa shape index (κ3) is 16.7. The highest BCUT2D eigenvalue weighted by atomic mass is 32.1. The number of carbonyl (C=O) groups is 2. The second-order valence-electron chi connectivity index (χ2n) is 28.8. The monoisotopic (exact) mass is 1470 g/mol. The van der Waals surface area contributed by atoms with Crippen LogP contribution < -0.4 is 63.4 Å². The number of amides is 2. The Morgan fingerprint density at radius 3 is 1.66 bits per heavy atom. The van der Waals surface area contributed by atoms with Gasteiger partial charge < -0.3 is 78.5 Å². The lowest BCUT2D eigenvalue weighted by molar-refractivity contribution is 0.0192. The second kappa shape index (κ2) is 29.6. The maximum Gasteiger partial charge on any atom is 0.271 e. The summed E-state index contributed by atoms with van der Waals surface area (Å²) in [5, 5.41) is 86.6. The molecule has 33 heteroatoms. The number of fused-ring (bicyclic) bond motifs is 3. The minimum absolute atomic E-state index is 0.0272. The molecule has 3 saturated carbocycles. The van der Waals surface area contributed by atoms with E-state index < -0.39 is 23.0 Å². The van der Waals surface area contributed by atoms with Crippen LogP contribution in [0, 0.1) is 5.92 Å². The van der Waals surface area contributed by atoms with Crippen LogP contribution in [0.2, 0.25) is 0 Å². The number of aromatic nitrogens is 9. The average molecular weight is 1470 g/mol. The molecule has 100 heavy (non-hydrogen) atoms. The predicted octanol–water partition coefficient (Wildman–Crippen LogP) is 10.8. The summed E-state index contributed by atoms with van der Waals surface area (Å²) in [5.41, 5.74) is 1.60. The lowest BCUT2D eigenvalue weighted by atomic mass is 9.84. The van der Waals surface area contributed by atoms with Gasteiger partial charge in [0.25, 0.3) is 11.8 Å². The van der Waals surface area contributed by atoms with Crippen LogP contribution in [-0.4, -0.2) is 162 Å². The number of carbonyl (C=O) groups excluding carboxylic acids is 2. The number of piperidine rings is 3. The van der Waals surface area contributed by atoms with Gasteiger partial charge in [-0.2, -0.15) is 28.1 Å². The van der Waals surface area contributed by atoms with E-state index in [1.165, 1.54) is 34.6 Å². The van der Waals surface area contributed by atoms with E-state index in [2.05, 4.69) is 88.6 Å². The standard InChI is InChI=1S/C67H87N21O6S6/c1-65(92)17-6-36(7-18-65)71-56-53-42(16-27-95-53)76-62(82-56)79-50-30-46(86-99-50)60(90)74-39-14-25-88(26-15-39)52-32-44-55(97-52)58(73-38-10-21-67(3,94)22-11-38)84-64(78-44)81-51-31-47(87-100-51)61(91)75-40-4-5-41(69-34-40)48-28-43-54(96-48)57(72-37-8-19-66(2,93)20-9-37)83-63(77-43)80-49-29-45(85-98-49)59(89)70-33-35-12-23-68-24-13-35/h16,27-32,35-41,60,68-69,74,90,92-94H,4-15,17-26,33-34H2,1-3H3,(H,70,89)(H,75,91)(H2,71,76,79,82)(H2,72,77,80,83)(H2,73,78,81,84)/t36?,37?,38?,40-,41?,60?,65?,66?,67?/m1/s1. The highest BCUT2D eigenvalue weighted by Crippen LogP contribution is 2.43. The molecule has 0 bridgehead atoms. The first kappa shape index (κ1) is 69.0. The normalized spacial score (nSPS) is 26.0. The van der Waals surface area contributed by atoms with Gasteiger partial charge in [-0.1, -0.05) is 0 Å². The van der Waals surface area contributed by atoms with Gasteiger partial charge in [0.1, 0.15) is 50.1 Å². The Kier molecular flexibility index (Phi) is 20.4. The smallest absolute Gasteiger partial charge is 0.271 e. The molecule has 6 fully saturated rings. The van der Waals surface area contributed by atoms with E-state index in [0.29, 0.717) is 95.4 Å². The molecule has 3 aliphatic heterocycles. The fraction of sp³-hybridized carbons (Fsp3) is 0.567. The third-order valence-electron chi connectivity index (χ3n) is 20.6. The number of aliphatic hydroxyl groups is 4. The SMILES string of the molecule is CC1(O)CCC(Nc2nc(Nc3cc(C(O)NC4CCN(c5cc6nc(Nc7cc(C(=O)N[C@@H]8CCC(c9cc%10nc(Nc%11cc(C(=O)NCC%12CCNCC%12)ns%11)nc(NC%11CCC(C)(O)CC%11)c%10s9)NC8)ns7)nc(NC7CCC(C)(O)CC7)c6s5)CC4)ns3)nc3ccsc23)CC1. The Bertz CT molecular complexity index is 4330. The van der Waals surface area contributed by atoms with E-state index in [0.717, 1.165) is 173 Å². The van der Waals surface area contributed by atoms with Crippen LogP contribution in [0.5, 0.6) is 0 Å². The third-order valence-corrected chi connectivity index (χ3v) is 26.0. The van der Waals surface area contributed by atoms with Crippen molar-refractivity contribution in [3.63, 3.8) is 0 Å². The number of nitrogens with one attached hydrogen (secondary N) is 11. The van der Waals surface area contributed by atoms with E-state index in [9.17, 15) is 30.0 Å². The summed E-state index contributed by atoms with van der Waals surface area (Å²) in [5.74, 6) is 3.44. The van der Waals surface area contributed by atoms with Crippen molar-refractivity contribution in [1.29, 1.82) is 0 Å². The largest absolute Gasteiger partial charge is 0.390 e. The van der Waals surface area contributed by atoms with Crippen molar-refractivity contribution in [3.8, 4) is 0 Å². The first-order chi connectivity index (χ1) is 48.3. The maximum atomic E-state index is 13.9. The highest BCUT2D eigenvalue weighted by Gasteiger charge is 2.35. The molecular formula is C67H87N21O6S6. The van der Waals surface area contributed by atoms with Crippen LogP contribution in [0.3, 0.4) is 0 Å². The summed E-state index contributed by atoms with van der Waals surface area (Å²) in [6, 6.07) is 12.0. The molecule has 6 aliphatic rings. The zero-order valence-electron chi connectivity index (χ0n) is 56.2. The molecule has 9 aromatic rings. The highest BCUT2D eigenvalue weighted by molar-refractivity contribution is 7.23. The summed E-state index contributed by atoms with van der Waals surface area (Å²) < 4.78 is 16.5. The molecule has 0 radical (unpaired) electrons. The molecule has 15 rings (SSSR count). The minimum Gasteiger partial charge on any atom is -0.390 e. The molecule has 15 N–H and O–H groups in total. The van der Waals surface area contributed by atoms with Crippen molar-refractivity contribution in [2.75, 3.05) is 76.1 Å². The Balaban J connectivity index is 0.562. The van der Waals surface area contributed by atoms with Crippen LogP contribution in [0.1, 0.15) is 180 Å². The van der Waals surface area contributed by atoms with Crippen molar-refractivity contribution >= 4 is 166 Å². The predicted molar refractivity (Wildman–Crippen MR) is 400 cm³/mol. The number of thiophene rings is 3. The zero-order valence-corrected chi connectivity index (χ0v) is 61.1. The van der Waals surface area contributed by atoms with Gasteiger partial charge in [0.2, 0.25) is 17.8 Å². The van der Waals surface area contributed by atoms with Gasteiger partial charge in [0.05, 0.1) is 58.1 Å². The number of nitrogens with zero attached hydrogens (tertiary/aromatic N) is 10. The Hall–Kier alpha value is -6.73. The summed E-state index contributed by atoms with van der Waals surface area (Å²) in [6.45, 7) is 10.3. The van der Waals surface area contributed by atoms with Gasteiger partial charge in [0.15, 0.2) is 0 Å². The Labute approximate surface area is 603 Å². The maximum absolute atomic E-state index is 13.9. The number of rotatable bonds is 22. The van der Waals surface area contributed by atoms with Gasteiger partial charge in [-0.15, -0.1) is 34.0 Å². The van der Waals surface area contributed by atoms with Crippen molar-refractivity contribution in [1.82, 2.24) is 69.6 Å². The van der Waals surface area contributed by atoms with Crippen LogP contribution in [0.15, 0.2) is 41.8 Å². The molecule has 0 spiro atoms. The van der Waals surface area contributed by atoms with E-state index in [1.807, 2.05) is 38.3 Å². The molecule has 3 aliphatic carbocycles. The fourth-order valence-electron chi connectivity index (χ4n) is 14.4. The van der Waals surface area contributed by atoms with Crippen LogP contribution in [0.4, 0.5) is 55.3 Å². The molecule has 27 nitrogen and oxygen atoms in total. The van der Waals surface area contributed by atoms with E-state index in [4.69, 9.17) is 29.9 Å².